The van der Waals surface area contributed by atoms with Crippen LogP contribution in [0.4, 0.5) is 0 Å². The van der Waals surface area contributed by atoms with Gasteiger partial charge in [0.15, 0.2) is 5.82 Å². The quantitative estimate of drug-likeness (QED) is 0.410. The second kappa shape index (κ2) is 6.84. The molecule has 2 aliphatic rings. The number of benzene rings is 1. The first-order valence-corrected chi connectivity index (χ1v) is 9.78. The van der Waals surface area contributed by atoms with Gasteiger partial charge in [-0.2, -0.15) is 0 Å². The van der Waals surface area contributed by atoms with E-state index in [1.807, 2.05) is 19.1 Å². The van der Waals surface area contributed by atoms with Crippen LogP contribution >= 0.6 is 0 Å². The van der Waals surface area contributed by atoms with Gasteiger partial charge in [-0.05, 0) is 69.2 Å². The van der Waals surface area contributed by atoms with Crippen LogP contribution in [0, 0.1) is 0 Å². The molecule has 1 fully saturated rings. The summed E-state index contributed by atoms with van der Waals surface area (Å²) in [6.07, 6.45) is 1.97. The number of unbranched alkanes of at least 4 members (excludes halogenated alkanes) is 1. The third-order valence-corrected chi connectivity index (χ3v) is 5.75. The SMILES string of the molecule is CCOC(=O)CCCCn1nnnc1-c1ccc2c(c1)[C@@H]1O[C@]1(C)C(C)(C)O2. The number of carbonyl (C=O) groups excluding carboxylic acids is 1. The fraction of sp³-hybridized carbons (Fsp3) is 0.600. The van der Waals surface area contributed by atoms with Gasteiger partial charge in [-0.3, -0.25) is 4.79 Å². The largest absolute Gasteiger partial charge is 0.484 e. The molecule has 150 valence electrons. The lowest BCUT2D eigenvalue weighted by molar-refractivity contribution is -0.143. The zero-order chi connectivity index (χ0) is 19.9. The Labute approximate surface area is 164 Å². The molecule has 0 aliphatic carbocycles. The summed E-state index contributed by atoms with van der Waals surface area (Å²) < 4.78 is 18.9. The number of hydrogen-bond acceptors (Lipinski definition) is 7. The molecular formula is C20H26N4O4. The molecule has 2 aromatic rings. The Balaban J connectivity index is 1.47. The third-order valence-electron chi connectivity index (χ3n) is 5.75. The average molecular weight is 386 g/mol. The first-order chi connectivity index (χ1) is 13.4. The van der Waals surface area contributed by atoms with Gasteiger partial charge in [0, 0.05) is 24.1 Å². The minimum Gasteiger partial charge on any atom is -0.484 e. The number of aryl methyl sites for hydroxylation is 1. The van der Waals surface area contributed by atoms with Gasteiger partial charge >= 0.3 is 5.97 Å². The first kappa shape index (κ1) is 18.9. The van der Waals surface area contributed by atoms with Crippen LogP contribution < -0.4 is 4.74 Å². The first-order valence-electron chi connectivity index (χ1n) is 9.78. The fourth-order valence-corrected chi connectivity index (χ4v) is 3.72. The minimum absolute atomic E-state index is 0.0279. The standard InChI is InChI=1S/C20H26N4O4/c1-5-26-16(25)8-6-7-11-24-18(21-22-23-24)13-9-10-15-14(12-13)17-20(4,28-17)19(2,3)27-15/h9-10,12,17H,5-8,11H2,1-4H3/t17-,20-/m0/s1. The molecule has 0 radical (unpaired) electrons. The summed E-state index contributed by atoms with van der Waals surface area (Å²) in [7, 11) is 0. The van der Waals surface area contributed by atoms with Gasteiger partial charge < -0.3 is 14.2 Å². The fourth-order valence-electron chi connectivity index (χ4n) is 3.72. The number of nitrogens with zero attached hydrogens (tertiary/aromatic N) is 4. The Bertz CT molecular complexity index is 894. The van der Waals surface area contributed by atoms with Crippen molar-refractivity contribution in [3.63, 3.8) is 0 Å². The van der Waals surface area contributed by atoms with Gasteiger partial charge in [0.25, 0.3) is 0 Å². The van der Waals surface area contributed by atoms with E-state index in [-0.39, 0.29) is 23.3 Å². The third kappa shape index (κ3) is 3.15. The number of rotatable bonds is 7. The van der Waals surface area contributed by atoms with Gasteiger partial charge in [0.1, 0.15) is 23.1 Å². The van der Waals surface area contributed by atoms with Gasteiger partial charge in [-0.15, -0.1) is 5.10 Å². The molecule has 28 heavy (non-hydrogen) atoms. The highest BCUT2D eigenvalue weighted by Crippen LogP contribution is 2.62. The molecule has 0 spiro atoms. The normalized spacial score (nSPS) is 24.1. The lowest BCUT2D eigenvalue weighted by Crippen LogP contribution is -2.45. The molecule has 1 aromatic carbocycles. The maximum atomic E-state index is 11.4. The molecule has 0 unspecified atom stereocenters. The van der Waals surface area contributed by atoms with Crippen molar-refractivity contribution in [3.8, 4) is 17.1 Å². The number of epoxide rings is 1. The van der Waals surface area contributed by atoms with Crippen LogP contribution in [-0.2, 0) is 20.8 Å². The van der Waals surface area contributed by atoms with Crippen molar-refractivity contribution in [1.29, 1.82) is 0 Å². The van der Waals surface area contributed by atoms with Crippen molar-refractivity contribution < 1.29 is 19.0 Å². The van der Waals surface area contributed by atoms with Crippen molar-refractivity contribution >= 4 is 5.97 Å². The van der Waals surface area contributed by atoms with Gasteiger partial charge in [0.05, 0.1) is 6.61 Å². The molecule has 1 aromatic heterocycles. The lowest BCUT2D eigenvalue weighted by Gasteiger charge is -2.35. The van der Waals surface area contributed by atoms with Crippen LogP contribution in [0.15, 0.2) is 18.2 Å². The Morgan fingerprint density at radius 2 is 2.11 bits per heavy atom. The van der Waals surface area contributed by atoms with Crippen molar-refractivity contribution in [3.05, 3.63) is 23.8 Å². The van der Waals surface area contributed by atoms with E-state index >= 15 is 0 Å². The van der Waals surface area contributed by atoms with E-state index in [9.17, 15) is 4.79 Å². The zero-order valence-corrected chi connectivity index (χ0v) is 16.8. The molecule has 8 heteroatoms. The number of ether oxygens (including phenoxy) is 3. The van der Waals surface area contributed by atoms with E-state index in [4.69, 9.17) is 14.2 Å². The molecule has 0 bridgehead atoms. The lowest BCUT2D eigenvalue weighted by atomic mass is 9.83. The molecule has 1 saturated heterocycles. The van der Waals surface area contributed by atoms with Crippen LogP contribution in [0.1, 0.15) is 58.6 Å². The van der Waals surface area contributed by atoms with E-state index in [1.165, 1.54) is 0 Å². The molecule has 4 rings (SSSR count). The van der Waals surface area contributed by atoms with Gasteiger partial charge in [-0.25, -0.2) is 4.68 Å². The van der Waals surface area contributed by atoms with Crippen molar-refractivity contribution in [2.24, 2.45) is 0 Å². The summed E-state index contributed by atoms with van der Waals surface area (Å²) in [6, 6.07) is 6.00. The maximum Gasteiger partial charge on any atom is 0.305 e. The smallest absolute Gasteiger partial charge is 0.305 e. The molecule has 0 saturated carbocycles. The van der Waals surface area contributed by atoms with Crippen LogP contribution in [-0.4, -0.2) is 44.0 Å². The predicted octanol–water partition coefficient (Wildman–Crippen LogP) is 3.07. The van der Waals surface area contributed by atoms with E-state index < -0.39 is 0 Å². The van der Waals surface area contributed by atoms with Crippen LogP contribution in [0.25, 0.3) is 11.4 Å². The van der Waals surface area contributed by atoms with E-state index in [1.54, 1.807) is 4.68 Å². The Morgan fingerprint density at radius 1 is 1.29 bits per heavy atom. The van der Waals surface area contributed by atoms with Crippen LogP contribution in [0.5, 0.6) is 5.75 Å². The molecule has 2 atom stereocenters. The number of aromatic nitrogens is 4. The highest BCUT2D eigenvalue weighted by Gasteiger charge is 2.67. The van der Waals surface area contributed by atoms with Crippen molar-refractivity contribution in [2.45, 2.75) is 70.8 Å². The molecule has 0 amide bonds. The number of esters is 1. The highest BCUT2D eigenvalue weighted by molar-refractivity contribution is 5.69. The van der Waals surface area contributed by atoms with E-state index in [0.29, 0.717) is 25.4 Å². The summed E-state index contributed by atoms with van der Waals surface area (Å²) in [5.74, 6) is 1.39. The molecule has 0 N–H and O–H groups in total. The molecule has 2 aliphatic heterocycles. The second-order valence-corrected chi connectivity index (χ2v) is 7.96. The average Bonchev–Trinajstić information content (AvgIpc) is 3.16. The van der Waals surface area contributed by atoms with Crippen molar-refractivity contribution in [1.82, 2.24) is 20.2 Å². The Hall–Kier alpha value is -2.48. The molecule has 8 nitrogen and oxygen atoms in total. The summed E-state index contributed by atoms with van der Waals surface area (Å²) in [6.45, 7) is 9.06. The maximum absolute atomic E-state index is 11.4. The zero-order valence-electron chi connectivity index (χ0n) is 16.8. The minimum atomic E-state index is -0.368. The molecular weight excluding hydrogens is 360 g/mol. The van der Waals surface area contributed by atoms with Crippen LogP contribution in [0.3, 0.4) is 0 Å². The molecule has 3 heterocycles. The predicted molar refractivity (Wildman–Crippen MR) is 101 cm³/mol. The summed E-state index contributed by atoms with van der Waals surface area (Å²) in [4.78, 5) is 11.4. The number of tetrazole rings is 1. The number of fused-ring (bicyclic) bond motifs is 3. The summed E-state index contributed by atoms with van der Waals surface area (Å²) >= 11 is 0. The van der Waals surface area contributed by atoms with Gasteiger partial charge in [0.2, 0.25) is 0 Å². The van der Waals surface area contributed by atoms with E-state index in [0.717, 1.165) is 29.7 Å². The topological polar surface area (TPSA) is 91.7 Å². The Morgan fingerprint density at radius 3 is 2.89 bits per heavy atom. The van der Waals surface area contributed by atoms with Gasteiger partial charge in [-0.1, -0.05) is 0 Å². The monoisotopic (exact) mass is 386 g/mol. The summed E-state index contributed by atoms with van der Waals surface area (Å²) in [5.41, 5.74) is 1.29. The Kier molecular flexibility index (Phi) is 4.61. The summed E-state index contributed by atoms with van der Waals surface area (Å²) in [5, 5.41) is 12.1. The van der Waals surface area contributed by atoms with Crippen molar-refractivity contribution in [2.75, 3.05) is 6.61 Å². The van der Waals surface area contributed by atoms with E-state index in [2.05, 4.69) is 42.4 Å². The number of hydrogen-bond donors (Lipinski definition) is 0. The van der Waals surface area contributed by atoms with Crippen LogP contribution in [0.2, 0.25) is 0 Å². The highest BCUT2D eigenvalue weighted by atomic mass is 16.7. The number of carbonyl (C=O) groups is 1. The second-order valence-electron chi connectivity index (χ2n) is 7.96.